The zero-order valence-electron chi connectivity index (χ0n) is 13.7. The minimum absolute atomic E-state index is 0. The molecule has 1 amide bonds. The average molecular weight is 428 g/mol. The first-order valence-electron chi connectivity index (χ1n) is 7.68. The molecule has 1 aliphatic heterocycles. The molecule has 6 heteroatoms. The van der Waals surface area contributed by atoms with Crippen LogP contribution in [0.4, 0.5) is 5.69 Å². The van der Waals surface area contributed by atoms with Gasteiger partial charge in [-0.2, -0.15) is 0 Å². The molecular weight excluding hydrogens is 403 g/mol. The molecule has 1 heterocycles. The third-order valence-corrected chi connectivity index (χ3v) is 3.60. The van der Waals surface area contributed by atoms with Crippen molar-refractivity contribution in [2.24, 2.45) is 4.99 Å². The van der Waals surface area contributed by atoms with Crippen molar-refractivity contribution in [1.82, 2.24) is 10.6 Å². The normalized spacial score (nSPS) is 18.2. The highest BCUT2D eigenvalue weighted by molar-refractivity contribution is 14.0. The van der Waals surface area contributed by atoms with E-state index < -0.39 is 0 Å². The van der Waals surface area contributed by atoms with Gasteiger partial charge in [0.15, 0.2) is 5.96 Å². The summed E-state index contributed by atoms with van der Waals surface area (Å²) < 4.78 is 0. The first-order valence-corrected chi connectivity index (χ1v) is 7.68. The summed E-state index contributed by atoms with van der Waals surface area (Å²) in [5.74, 6) is 0.894. The Balaban J connectivity index is 0.00000264. The number of rotatable bonds is 5. The van der Waals surface area contributed by atoms with Crippen LogP contribution in [0.2, 0.25) is 0 Å². The van der Waals surface area contributed by atoms with Gasteiger partial charge in [-0.15, -0.1) is 24.0 Å². The average Bonchev–Trinajstić information content (AvgIpc) is 2.91. The summed E-state index contributed by atoms with van der Waals surface area (Å²) in [6.45, 7) is 3.50. The number of aliphatic imine (C=N–C) groups is 1. The predicted octanol–water partition coefficient (Wildman–Crippen LogP) is 2.54. The second kappa shape index (κ2) is 10.3. The molecule has 5 nitrogen and oxygen atoms in total. The van der Waals surface area contributed by atoms with E-state index in [1.165, 1.54) is 0 Å². The van der Waals surface area contributed by atoms with Gasteiger partial charge in [0.2, 0.25) is 5.91 Å². The maximum absolute atomic E-state index is 12.2. The lowest BCUT2D eigenvalue weighted by Crippen LogP contribution is -2.44. The topological polar surface area (TPSA) is 56.7 Å². The van der Waals surface area contributed by atoms with Crippen LogP contribution in [0.15, 0.2) is 47.5 Å². The summed E-state index contributed by atoms with van der Waals surface area (Å²) in [6.07, 6.45) is 5.59. The molecule has 2 N–H and O–H groups in total. The van der Waals surface area contributed by atoms with Crippen molar-refractivity contribution in [2.75, 3.05) is 25.0 Å². The van der Waals surface area contributed by atoms with Crippen LogP contribution in [0.25, 0.3) is 0 Å². The Morgan fingerprint density at radius 2 is 2.13 bits per heavy atom. The lowest BCUT2D eigenvalue weighted by atomic mass is 10.2. The van der Waals surface area contributed by atoms with Gasteiger partial charge in [-0.25, -0.2) is 0 Å². The van der Waals surface area contributed by atoms with Crippen LogP contribution >= 0.6 is 24.0 Å². The lowest BCUT2D eigenvalue weighted by Gasteiger charge is -2.18. The van der Waals surface area contributed by atoms with Gasteiger partial charge in [-0.1, -0.05) is 30.4 Å². The summed E-state index contributed by atoms with van der Waals surface area (Å²) in [7, 11) is 1.75. The molecule has 23 heavy (non-hydrogen) atoms. The Kier molecular flexibility index (Phi) is 8.68. The molecule has 1 fully saturated rings. The number of hydrogen-bond acceptors (Lipinski definition) is 2. The minimum Gasteiger partial charge on any atom is -0.356 e. The molecule has 1 atom stereocenters. The van der Waals surface area contributed by atoms with Gasteiger partial charge in [0.25, 0.3) is 0 Å². The van der Waals surface area contributed by atoms with Gasteiger partial charge in [-0.05, 0) is 25.5 Å². The Morgan fingerprint density at radius 3 is 2.78 bits per heavy atom. The van der Waals surface area contributed by atoms with Crippen molar-refractivity contribution in [3.05, 3.63) is 42.5 Å². The highest BCUT2D eigenvalue weighted by Gasteiger charge is 2.30. The number of carbonyl (C=O) groups excluding carboxylic acids is 1. The number of anilines is 1. The zero-order valence-corrected chi connectivity index (χ0v) is 16.0. The van der Waals surface area contributed by atoms with E-state index in [0.717, 1.165) is 24.6 Å². The molecule has 0 radical (unpaired) electrons. The molecule has 2 rings (SSSR count). The van der Waals surface area contributed by atoms with Gasteiger partial charge in [0.1, 0.15) is 0 Å². The maximum Gasteiger partial charge on any atom is 0.229 e. The van der Waals surface area contributed by atoms with Crippen LogP contribution < -0.4 is 15.5 Å². The number of nitrogens with zero attached hydrogens (tertiary/aromatic N) is 2. The Morgan fingerprint density at radius 1 is 1.39 bits per heavy atom. The lowest BCUT2D eigenvalue weighted by molar-refractivity contribution is -0.117. The van der Waals surface area contributed by atoms with E-state index in [-0.39, 0.29) is 35.9 Å². The van der Waals surface area contributed by atoms with Gasteiger partial charge in [-0.3, -0.25) is 9.79 Å². The minimum atomic E-state index is 0. The molecule has 1 unspecified atom stereocenters. The monoisotopic (exact) mass is 428 g/mol. The van der Waals surface area contributed by atoms with Crippen molar-refractivity contribution in [3.63, 3.8) is 0 Å². The molecule has 1 saturated heterocycles. The standard InChI is InChI=1S/C17H24N4O.HI/c1-3-4-8-11-19-17(18-2)20-14-12-16(22)21(13-14)15-9-6-5-7-10-15;/h3-7,9-10,14H,8,11-13H2,1-2H3,(H2,18,19,20);1H/b4-3+;. The summed E-state index contributed by atoms with van der Waals surface area (Å²) >= 11 is 0. The predicted molar refractivity (Wildman–Crippen MR) is 107 cm³/mol. The van der Waals surface area contributed by atoms with Gasteiger partial charge in [0, 0.05) is 32.2 Å². The number of para-hydroxylation sites is 1. The number of carbonyl (C=O) groups is 1. The molecule has 1 aliphatic rings. The number of allylic oxidation sites excluding steroid dienone is 1. The van der Waals surface area contributed by atoms with Crippen LogP contribution in [-0.2, 0) is 4.79 Å². The quantitative estimate of drug-likeness (QED) is 0.249. The molecule has 0 bridgehead atoms. The second-order valence-electron chi connectivity index (χ2n) is 5.24. The van der Waals surface area contributed by atoms with Crippen molar-refractivity contribution < 1.29 is 4.79 Å². The van der Waals surface area contributed by atoms with E-state index in [2.05, 4.69) is 21.7 Å². The summed E-state index contributed by atoms with van der Waals surface area (Å²) in [5, 5.41) is 6.58. The number of amides is 1. The van der Waals surface area contributed by atoms with Crippen LogP contribution in [-0.4, -0.2) is 38.0 Å². The Bertz CT molecular complexity index is 545. The number of hydrogen-bond donors (Lipinski definition) is 2. The van der Waals surface area contributed by atoms with Gasteiger partial charge >= 0.3 is 0 Å². The molecule has 0 spiro atoms. The third-order valence-electron chi connectivity index (χ3n) is 3.60. The van der Waals surface area contributed by atoms with E-state index in [4.69, 9.17) is 0 Å². The fourth-order valence-electron chi connectivity index (χ4n) is 2.49. The van der Waals surface area contributed by atoms with Crippen molar-refractivity contribution in [2.45, 2.75) is 25.8 Å². The third kappa shape index (κ3) is 5.85. The smallest absolute Gasteiger partial charge is 0.229 e. The number of guanidine groups is 1. The van der Waals surface area contributed by atoms with Crippen molar-refractivity contribution in [3.8, 4) is 0 Å². The van der Waals surface area contributed by atoms with E-state index in [9.17, 15) is 4.79 Å². The highest BCUT2D eigenvalue weighted by Crippen LogP contribution is 2.20. The highest BCUT2D eigenvalue weighted by atomic mass is 127. The van der Waals surface area contributed by atoms with E-state index in [1.807, 2.05) is 48.2 Å². The molecule has 0 saturated carbocycles. The van der Waals surface area contributed by atoms with Crippen LogP contribution in [0.1, 0.15) is 19.8 Å². The van der Waals surface area contributed by atoms with Crippen molar-refractivity contribution >= 4 is 41.5 Å². The SMILES string of the molecule is C/C=C/CCNC(=NC)NC1CC(=O)N(c2ccccc2)C1.I. The fourth-order valence-corrected chi connectivity index (χ4v) is 2.49. The van der Waals surface area contributed by atoms with Crippen molar-refractivity contribution in [1.29, 1.82) is 0 Å². The molecular formula is C17H25IN4O. The van der Waals surface area contributed by atoms with Gasteiger partial charge in [0.05, 0.1) is 6.04 Å². The van der Waals surface area contributed by atoms with E-state index in [1.54, 1.807) is 7.05 Å². The molecule has 0 aromatic heterocycles. The first kappa shape index (κ1) is 19.5. The maximum atomic E-state index is 12.2. The molecule has 1 aromatic carbocycles. The van der Waals surface area contributed by atoms with Crippen LogP contribution in [0.3, 0.4) is 0 Å². The number of halogens is 1. The van der Waals surface area contributed by atoms with E-state index in [0.29, 0.717) is 13.0 Å². The fraction of sp³-hybridized carbons (Fsp3) is 0.412. The molecule has 126 valence electrons. The van der Waals surface area contributed by atoms with E-state index >= 15 is 0 Å². The summed E-state index contributed by atoms with van der Waals surface area (Å²) in [6, 6.07) is 9.86. The number of benzene rings is 1. The zero-order chi connectivity index (χ0) is 15.8. The number of nitrogens with one attached hydrogen (secondary N) is 2. The van der Waals surface area contributed by atoms with Crippen LogP contribution in [0.5, 0.6) is 0 Å². The Hall–Kier alpha value is -1.57. The second-order valence-corrected chi connectivity index (χ2v) is 5.24. The molecule has 0 aliphatic carbocycles. The molecule has 1 aromatic rings. The largest absolute Gasteiger partial charge is 0.356 e. The summed E-state index contributed by atoms with van der Waals surface area (Å²) in [4.78, 5) is 18.2. The van der Waals surface area contributed by atoms with Gasteiger partial charge < -0.3 is 15.5 Å². The van der Waals surface area contributed by atoms with Crippen LogP contribution in [0, 0.1) is 0 Å². The summed E-state index contributed by atoms with van der Waals surface area (Å²) in [5.41, 5.74) is 0.952. The first-order chi connectivity index (χ1) is 10.7. The Labute approximate surface area is 155 Å².